The minimum atomic E-state index is -0.0962. The first-order chi connectivity index (χ1) is 7.70. The van der Waals surface area contributed by atoms with E-state index in [0.29, 0.717) is 17.1 Å². The van der Waals surface area contributed by atoms with Crippen molar-refractivity contribution in [2.24, 2.45) is 0 Å². The third kappa shape index (κ3) is 2.05. The molecule has 0 aliphatic heterocycles. The summed E-state index contributed by atoms with van der Waals surface area (Å²) < 4.78 is 3.87. The largest absolute Gasteiger partial charge is 0.382 e. The van der Waals surface area contributed by atoms with E-state index >= 15 is 0 Å². The third-order valence-electron chi connectivity index (χ3n) is 1.84. The van der Waals surface area contributed by atoms with E-state index < -0.39 is 0 Å². The highest BCUT2D eigenvalue weighted by Gasteiger charge is 2.10. The summed E-state index contributed by atoms with van der Waals surface area (Å²) in [5.41, 5.74) is 6.62. The number of nitriles is 1. The van der Waals surface area contributed by atoms with E-state index in [1.54, 1.807) is 5.38 Å². The highest BCUT2D eigenvalue weighted by atomic mass is 32.1. The summed E-state index contributed by atoms with van der Waals surface area (Å²) in [5.74, 6) is 0.230. The van der Waals surface area contributed by atoms with E-state index in [2.05, 4.69) is 14.7 Å². The first-order valence-electron chi connectivity index (χ1n) is 4.26. The summed E-state index contributed by atoms with van der Waals surface area (Å²) in [6, 6.07) is 1.98. The van der Waals surface area contributed by atoms with E-state index in [1.807, 2.05) is 6.07 Å². The molecule has 0 saturated heterocycles. The van der Waals surface area contributed by atoms with E-state index in [1.165, 1.54) is 0 Å². The average molecular weight is 253 g/mol. The summed E-state index contributed by atoms with van der Waals surface area (Å²) in [6.07, 6.45) is 0. The number of nitrogens with two attached hydrogens (primary N) is 1. The van der Waals surface area contributed by atoms with Crippen molar-refractivity contribution in [1.82, 2.24) is 9.36 Å². The van der Waals surface area contributed by atoms with E-state index in [0.717, 1.165) is 28.6 Å². The van der Waals surface area contributed by atoms with Gasteiger partial charge in [0, 0.05) is 11.1 Å². The Bertz CT molecular complexity index is 590. The van der Waals surface area contributed by atoms with Crippen LogP contribution in [0.3, 0.4) is 0 Å². The van der Waals surface area contributed by atoms with E-state index in [4.69, 9.17) is 11.0 Å². The van der Waals surface area contributed by atoms with Gasteiger partial charge < -0.3 is 16.0 Å². The Morgan fingerprint density at radius 1 is 1.69 bits per heavy atom. The van der Waals surface area contributed by atoms with Gasteiger partial charge in [0.2, 0.25) is 0 Å². The van der Waals surface area contributed by atoms with Crippen LogP contribution in [0.5, 0.6) is 0 Å². The molecule has 0 aliphatic carbocycles. The molecule has 2 aromatic rings. The normalized spacial score (nSPS) is 9.94. The van der Waals surface area contributed by atoms with Gasteiger partial charge in [0.05, 0.1) is 6.54 Å². The van der Waals surface area contributed by atoms with Crippen LogP contribution in [0.15, 0.2) is 10.2 Å². The zero-order chi connectivity index (χ0) is 11.5. The maximum Gasteiger partial charge on any atom is 0.304 e. The van der Waals surface area contributed by atoms with Gasteiger partial charge in [-0.15, -0.1) is 0 Å². The SMILES string of the molecule is N#Cc1c(N)nsc1NCc1csc(=O)[nH]1. The molecule has 8 heteroatoms. The quantitative estimate of drug-likeness (QED) is 0.755. The zero-order valence-corrected chi connectivity index (χ0v) is 9.61. The molecule has 0 aliphatic rings. The summed E-state index contributed by atoms with van der Waals surface area (Å²) in [7, 11) is 0. The average Bonchev–Trinajstić information content (AvgIpc) is 2.82. The summed E-state index contributed by atoms with van der Waals surface area (Å²) in [6.45, 7) is 0.440. The molecular weight excluding hydrogens is 246 g/mol. The fourth-order valence-corrected chi connectivity index (χ4v) is 2.35. The van der Waals surface area contributed by atoms with Crippen LogP contribution in [0.1, 0.15) is 11.3 Å². The fourth-order valence-electron chi connectivity index (χ4n) is 1.11. The number of thiazole rings is 1. The second-order valence-electron chi connectivity index (χ2n) is 2.91. The highest BCUT2D eigenvalue weighted by molar-refractivity contribution is 7.10. The second-order valence-corrected chi connectivity index (χ2v) is 4.53. The lowest BCUT2D eigenvalue weighted by Gasteiger charge is -2.00. The van der Waals surface area contributed by atoms with Crippen molar-refractivity contribution in [3.05, 3.63) is 26.3 Å². The summed E-state index contributed by atoms with van der Waals surface area (Å²) in [4.78, 5) is 13.4. The van der Waals surface area contributed by atoms with Crippen LogP contribution in [0.2, 0.25) is 0 Å². The number of anilines is 2. The second kappa shape index (κ2) is 4.34. The Hall–Kier alpha value is -1.85. The number of aromatic amines is 1. The molecule has 0 bridgehead atoms. The molecule has 6 nitrogen and oxygen atoms in total. The first-order valence-corrected chi connectivity index (χ1v) is 5.92. The Balaban J connectivity index is 2.11. The number of aromatic nitrogens is 2. The number of H-pyrrole nitrogens is 1. The van der Waals surface area contributed by atoms with Gasteiger partial charge in [0.25, 0.3) is 0 Å². The summed E-state index contributed by atoms with van der Waals surface area (Å²) in [5, 5.41) is 14.2. The lowest BCUT2D eigenvalue weighted by Crippen LogP contribution is -2.02. The van der Waals surface area contributed by atoms with Crippen molar-refractivity contribution in [1.29, 1.82) is 5.26 Å². The van der Waals surface area contributed by atoms with Crippen molar-refractivity contribution in [3.8, 4) is 6.07 Å². The van der Waals surface area contributed by atoms with Gasteiger partial charge in [-0.1, -0.05) is 11.3 Å². The van der Waals surface area contributed by atoms with Crippen LogP contribution in [-0.4, -0.2) is 9.36 Å². The molecule has 2 aromatic heterocycles. The minimum Gasteiger partial charge on any atom is -0.382 e. The molecule has 2 heterocycles. The fraction of sp³-hybridized carbons (Fsp3) is 0.125. The Morgan fingerprint density at radius 2 is 2.50 bits per heavy atom. The van der Waals surface area contributed by atoms with Gasteiger partial charge in [0.1, 0.15) is 16.6 Å². The Kier molecular flexibility index (Phi) is 2.89. The maximum absolute atomic E-state index is 10.9. The molecule has 16 heavy (non-hydrogen) atoms. The Labute approximate surface area is 98.5 Å². The van der Waals surface area contributed by atoms with Crippen molar-refractivity contribution in [2.45, 2.75) is 6.54 Å². The molecule has 0 aromatic carbocycles. The topological polar surface area (TPSA) is 108 Å². The number of rotatable bonds is 3. The third-order valence-corrected chi connectivity index (χ3v) is 3.38. The van der Waals surface area contributed by atoms with Crippen molar-refractivity contribution >= 4 is 33.7 Å². The van der Waals surface area contributed by atoms with Crippen LogP contribution < -0.4 is 15.9 Å². The molecule has 0 atom stereocenters. The number of hydrogen-bond acceptors (Lipinski definition) is 7. The van der Waals surface area contributed by atoms with Gasteiger partial charge in [-0.3, -0.25) is 4.79 Å². The predicted octanol–water partition coefficient (Wildman–Crippen LogP) is 0.959. The molecule has 0 amide bonds. The molecule has 0 fully saturated rings. The van der Waals surface area contributed by atoms with Gasteiger partial charge in [-0.05, 0) is 11.5 Å². The molecule has 0 spiro atoms. The van der Waals surface area contributed by atoms with E-state index in [-0.39, 0.29) is 10.7 Å². The van der Waals surface area contributed by atoms with Gasteiger partial charge >= 0.3 is 4.87 Å². The Morgan fingerprint density at radius 3 is 3.12 bits per heavy atom. The van der Waals surface area contributed by atoms with Crippen molar-refractivity contribution in [3.63, 3.8) is 0 Å². The molecule has 82 valence electrons. The molecule has 4 N–H and O–H groups in total. The first kappa shape index (κ1) is 10.7. The van der Waals surface area contributed by atoms with Gasteiger partial charge in [-0.25, -0.2) is 0 Å². The van der Waals surface area contributed by atoms with Crippen LogP contribution in [-0.2, 0) is 6.54 Å². The smallest absolute Gasteiger partial charge is 0.304 e. The highest BCUT2D eigenvalue weighted by Crippen LogP contribution is 2.25. The predicted molar refractivity (Wildman–Crippen MR) is 63.5 cm³/mol. The lowest BCUT2D eigenvalue weighted by molar-refractivity contribution is 1.06. The standard InChI is InChI=1S/C8H7N5OS2/c9-1-5-6(10)13-16-7(5)11-2-4-3-15-8(14)12-4/h3,11H,2H2,(H2,10,13)(H,12,14). The number of nitrogens with zero attached hydrogens (tertiary/aromatic N) is 2. The minimum absolute atomic E-state index is 0.0962. The lowest BCUT2D eigenvalue weighted by atomic mass is 10.3. The van der Waals surface area contributed by atoms with Gasteiger partial charge in [-0.2, -0.15) is 9.64 Å². The summed E-state index contributed by atoms with van der Waals surface area (Å²) >= 11 is 2.23. The molecule has 0 radical (unpaired) electrons. The number of hydrogen-bond donors (Lipinski definition) is 3. The zero-order valence-electron chi connectivity index (χ0n) is 7.98. The maximum atomic E-state index is 10.9. The number of nitrogen functional groups attached to an aromatic ring is 1. The van der Waals surface area contributed by atoms with E-state index in [9.17, 15) is 4.79 Å². The van der Waals surface area contributed by atoms with Crippen molar-refractivity contribution in [2.75, 3.05) is 11.1 Å². The van der Waals surface area contributed by atoms with Crippen molar-refractivity contribution < 1.29 is 0 Å². The molecule has 0 unspecified atom stereocenters. The van der Waals surface area contributed by atoms with Crippen LogP contribution in [0, 0.1) is 11.3 Å². The monoisotopic (exact) mass is 253 g/mol. The molecule has 0 saturated carbocycles. The van der Waals surface area contributed by atoms with Gasteiger partial charge in [0.15, 0.2) is 5.82 Å². The van der Waals surface area contributed by atoms with Crippen LogP contribution in [0.25, 0.3) is 0 Å². The van der Waals surface area contributed by atoms with Crippen LogP contribution >= 0.6 is 22.9 Å². The molecule has 2 rings (SSSR count). The number of nitrogens with one attached hydrogen (secondary N) is 2. The van der Waals surface area contributed by atoms with Crippen LogP contribution in [0.4, 0.5) is 10.8 Å². The molecular formula is C8H7N5OS2.